The van der Waals surface area contributed by atoms with Gasteiger partial charge in [0.1, 0.15) is 11.5 Å². The van der Waals surface area contributed by atoms with Gasteiger partial charge in [0, 0.05) is 12.2 Å². The molecule has 2 rings (SSSR count). The molecule has 0 unspecified atom stereocenters. The lowest BCUT2D eigenvalue weighted by Gasteiger charge is -2.10. The van der Waals surface area contributed by atoms with Crippen molar-refractivity contribution < 1.29 is 4.79 Å². The Morgan fingerprint density at radius 2 is 1.96 bits per heavy atom. The van der Waals surface area contributed by atoms with E-state index in [1.807, 2.05) is 13.8 Å². The second kappa shape index (κ2) is 7.72. The van der Waals surface area contributed by atoms with E-state index in [-0.39, 0.29) is 5.91 Å². The molecule has 0 aliphatic carbocycles. The molecule has 5 nitrogen and oxygen atoms in total. The van der Waals surface area contributed by atoms with Gasteiger partial charge in [0.25, 0.3) is 5.91 Å². The van der Waals surface area contributed by atoms with Gasteiger partial charge in [-0.3, -0.25) is 4.79 Å². The lowest BCUT2D eigenvalue weighted by molar-refractivity contribution is 0.0946. The van der Waals surface area contributed by atoms with Crippen LogP contribution in [0.2, 0.25) is 0 Å². The van der Waals surface area contributed by atoms with Gasteiger partial charge in [-0.15, -0.1) is 0 Å². The number of nitrogens with one attached hydrogen (secondary N) is 2. The number of hydrogen-bond acceptors (Lipinski definition) is 4. The molecule has 0 spiro atoms. The molecule has 1 heterocycles. The molecule has 122 valence electrons. The van der Waals surface area contributed by atoms with E-state index in [2.05, 4.69) is 52.6 Å². The summed E-state index contributed by atoms with van der Waals surface area (Å²) < 4.78 is 0. The van der Waals surface area contributed by atoms with Crippen molar-refractivity contribution in [2.45, 2.75) is 34.1 Å². The average molecular weight is 312 g/mol. The Bertz CT molecular complexity index is 665. The molecule has 0 bridgehead atoms. The fourth-order valence-corrected chi connectivity index (χ4v) is 2.08. The molecule has 0 saturated heterocycles. The third kappa shape index (κ3) is 5.06. The van der Waals surface area contributed by atoms with Gasteiger partial charge in [-0.25, -0.2) is 9.97 Å². The highest BCUT2D eigenvalue weighted by atomic mass is 16.1. The molecule has 1 amide bonds. The van der Waals surface area contributed by atoms with Crippen LogP contribution in [0.1, 0.15) is 41.9 Å². The molecule has 0 aliphatic heterocycles. The van der Waals surface area contributed by atoms with Crippen LogP contribution >= 0.6 is 0 Å². The summed E-state index contributed by atoms with van der Waals surface area (Å²) in [6.45, 7) is 8.98. The smallest absolute Gasteiger partial charge is 0.271 e. The molecule has 0 saturated carbocycles. The van der Waals surface area contributed by atoms with Gasteiger partial charge in [-0.2, -0.15) is 0 Å². The van der Waals surface area contributed by atoms with Crippen LogP contribution < -0.4 is 10.6 Å². The van der Waals surface area contributed by atoms with Gasteiger partial charge >= 0.3 is 0 Å². The first-order valence-corrected chi connectivity index (χ1v) is 7.90. The highest BCUT2D eigenvalue weighted by Gasteiger charge is 2.08. The largest absolute Gasteiger partial charge is 0.351 e. The minimum atomic E-state index is -0.184. The zero-order valence-electron chi connectivity index (χ0n) is 14.2. The maximum atomic E-state index is 12.0. The number of anilines is 2. The Hall–Kier alpha value is -2.43. The second-order valence-corrected chi connectivity index (χ2v) is 6.17. The Balaban J connectivity index is 1.99. The molecular weight excluding hydrogens is 288 g/mol. The van der Waals surface area contributed by atoms with Crippen LogP contribution in [0, 0.1) is 19.8 Å². The SMILES string of the molecule is Cc1ccc(C)c(Nc2cnc(C(=O)NCCC(C)C)cn2)c1. The minimum absolute atomic E-state index is 0.184. The Morgan fingerprint density at radius 3 is 2.61 bits per heavy atom. The second-order valence-electron chi connectivity index (χ2n) is 6.17. The van der Waals surface area contributed by atoms with Crippen molar-refractivity contribution in [1.82, 2.24) is 15.3 Å². The van der Waals surface area contributed by atoms with Crippen molar-refractivity contribution in [1.29, 1.82) is 0 Å². The van der Waals surface area contributed by atoms with E-state index in [1.165, 1.54) is 11.8 Å². The Labute approximate surface area is 137 Å². The van der Waals surface area contributed by atoms with Crippen molar-refractivity contribution in [3.8, 4) is 0 Å². The fraction of sp³-hybridized carbons (Fsp3) is 0.389. The quantitative estimate of drug-likeness (QED) is 0.855. The van der Waals surface area contributed by atoms with Gasteiger partial charge in [-0.05, 0) is 43.4 Å². The van der Waals surface area contributed by atoms with Gasteiger partial charge < -0.3 is 10.6 Å². The van der Waals surface area contributed by atoms with Crippen LogP contribution in [0.5, 0.6) is 0 Å². The van der Waals surface area contributed by atoms with Crippen LogP contribution in [0.15, 0.2) is 30.6 Å². The third-order valence-electron chi connectivity index (χ3n) is 3.55. The summed E-state index contributed by atoms with van der Waals surface area (Å²) in [5.74, 6) is 0.999. The van der Waals surface area contributed by atoms with Crippen molar-refractivity contribution >= 4 is 17.4 Å². The standard InChI is InChI=1S/C18H24N4O/c1-12(2)7-8-19-18(23)16-10-21-17(11-20-16)22-15-9-13(3)5-6-14(15)4/h5-6,9-12H,7-8H2,1-4H3,(H,19,23)(H,21,22). The summed E-state index contributed by atoms with van der Waals surface area (Å²) in [5.41, 5.74) is 3.63. The van der Waals surface area contributed by atoms with E-state index < -0.39 is 0 Å². The number of nitrogens with zero attached hydrogens (tertiary/aromatic N) is 2. The van der Waals surface area contributed by atoms with E-state index in [0.717, 1.165) is 17.7 Å². The van der Waals surface area contributed by atoms with Crippen molar-refractivity contribution in [3.05, 3.63) is 47.4 Å². The van der Waals surface area contributed by atoms with Crippen molar-refractivity contribution in [2.24, 2.45) is 5.92 Å². The van der Waals surface area contributed by atoms with Crippen LogP contribution in [-0.2, 0) is 0 Å². The number of aromatic nitrogens is 2. The van der Waals surface area contributed by atoms with Crippen LogP contribution in [-0.4, -0.2) is 22.4 Å². The first kappa shape index (κ1) is 16.9. The Kier molecular flexibility index (Phi) is 5.68. The highest BCUT2D eigenvalue weighted by Crippen LogP contribution is 2.20. The number of benzene rings is 1. The molecule has 5 heteroatoms. The van der Waals surface area contributed by atoms with Crippen LogP contribution in [0.4, 0.5) is 11.5 Å². The number of rotatable bonds is 6. The summed E-state index contributed by atoms with van der Waals surface area (Å²) in [4.78, 5) is 20.4. The summed E-state index contributed by atoms with van der Waals surface area (Å²) in [7, 11) is 0. The molecule has 0 radical (unpaired) electrons. The molecule has 0 fully saturated rings. The van der Waals surface area contributed by atoms with E-state index in [1.54, 1.807) is 6.20 Å². The number of carbonyl (C=O) groups excluding carboxylic acids is 1. The minimum Gasteiger partial charge on any atom is -0.351 e. The molecule has 1 aromatic heterocycles. The molecular formula is C18H24N4O. The van der Waals surface area contributed by atoms with Crippen molar-refractivity contribution in [3.63, 3.8) is 0 Å². The molecule has 1 aromatic carbocycles. The molecule has 23 heavy (non-hydrogen) atoms. The topological polar surface area (TPSA) is 66.9 Å². The number of amides is 1. The maximum Gasteiger partial charge on any atom is 0.271 e. The van der Waals surface area contributed by atoms with Gasteiger partial charge in [0.2, 0.25) is 0 Å². The normalized spacial score (nSPS) is 10.7. The molecule has 0 atom stereocenters. The first-order valence-electron chi connectivity index (χ1n) is 7.90. The monoisotopic (exact) mass is 312 g/mol. The molecule has 2 aromatic rings. The van der Waals surface area contributed by atoms with Crippen molar-refractivity contribution in [2.75, 3.05) is 11.9 Å². The fourth-order valence-electron chi connectivity index (χ4n) is 2.08. The summed E-state index contributed by atoms with van der Waals surface area (Å²) in [6.07, 6.45) is 4.03. The van der Waals surface area contributed by atoms with Gasteiger partial charge in [0.15, 0.2) is 0 Å². The van der Waals surface area contributed by atoms with Gasteiger partial charge in [-0.1, -0.05) is 26.0 Å². The van der Waals surface area contributed by atoms with E-state index in [4.69, 9.17) is 0 Å². The van der Waals surface area contributed by atoms with Crippen LogP contribution in [0.25, 0.3) is 0 Å². The summed E-state index contributed by atoms with van der Waals surface area (Å²) >= 11 is 0. The van der Waals surface area contributed by atoms with E-state index in [0.29, 0.717) is 24.0 Å². The third-order valence-corrected chi connectivity index (χ3v) is 3.55. The van der Waals surface area contributed by atoms with E-state index >= 15 is 0 Å². The predicted molar refractivity (Wildman–Crippen MR) is 93.0 cm³/mol. The zero-order chi connectivity index (χ0) is 16.8. The maximum absolute atomic E-state index is 12.0. The average Bonchev–Trinajstić information content (AvgIpc) is 2.51. The highest BCUT2D eigenvalue weighted by molar-refractivity contribution is 5.92. The lowest BCUT2D eigenvalue weighted by Crippen LogP contribution is -2.26. The molecule has 2 N–H and O–H groups in total. The zero-order valence-corrected chi connectivity index (χ0v) is 14.2. The summed E-state index contributed by atoms with van der Waals surface area (Å²) in [5, 5.41) is 6.09. The molecule has 0 aliphatic rings. The van der Waals surface area contributed by atoms with Crippen LogP contribution in [0.3, 0.4) is 0 Å². The number of hydrogen-bond donors (Lipinski definition) is 2. The number of aryl methyl sites for hydroxylation is 2. The predicted octanol–water partition coefficient (Wildman–Crippen LogP) is 3.61. The van der Waals surface area contributed by atoms with Gasteiger partial charge in [0.05, 0.1) is 12.4 Å². The lowest BCUT2D eigenvalue weighted by atomic mass is 10.1. The van der Waals surface area contributed by atoms with E-state index in [9.17, 15) is 4.79 Å². The first-order chi connectivity index (χ1) is 11.0. The Morgan fingerprint density at radius 1 is 1.17 bits per heavy atom. The summed E-state index contributed by atoms with van der Waals surface area (Å²) in [6, 6.07) is 6.18. The number of carbonyl (C=O) groups is 1.